The van der Waals surface area contributed by atoms with Crippen molar-refractivity contribution >= 4 is 27.7 Å². The lowest BCUT2D eigenvalue weighted by atomic mass is 10.1. The zero-order valence-corrected chi connectivity index (χ0v) is 12.2. The summed E-state index contributed by atoms with van der Waals surface area (Å²) in [6.45, 7) is 6.17. The summed E-state index contributed by atoms with van der Waals surface area (Å²) in [5, 5.41) is 2.91. The van der Waals surface area contributed by atoms with Crippen LogP contribution in [0, 0.1) is 0 Å². The first-order valence-electron chi connectivity index (χ1n) is 5.41. The van der Waals surface area contributed by atoms with E-state index in [2.05, 4.69) is 26.2 Å². The van der Waals surface area contributed by atoms with Crippen LogP contribution in [0.15, 0.2) is 22.8 Å². The molecule has 0 aliphatic heterocycles. The second-order valence-electron chi connectivity index (χ2n) is 4.99. The summed E-state index contributed by atoms with van der Waals surface area (Å²) in [4.78, 5) is 17.8. The number of aromatic nitrogens is 1. The Kier molecular flexibility index (Phi) is 4.51. The number of hydrogen-bond acceptors (Lipinski definition) is 3. The Balaban J connectivity index is 2.61. The molecule has 0 aromatic carbocycles. The Morgan fingerprint density at radius 2 is 2.18 bits per heavy atom. The zero-order chi connectivity index (χ0) is 13.1. The number of anilines is 1. The fourth-order valence-corrected chi connectivity index (χ4v) is 1.68. The number of carbonyl (C=O) groups is 1. The number of nitrogens with zero attached hydrogens (tertiary/aromatic N) is 2. The summed E-state index contributed by atoms with van der Waals surface area (Å²) in [5.41, 5.74) is -0.206. The van der Waals surface area contributed by atoms with Gasteiger partial charge in [0.2, 0.25) is 5.91 Å². The monoisotopic (exact) mass is 299 g/mol. The molecule has 0 saturated heterocycles. The van der Waals surface area contributed by atoms with E-state index in [1.807, 2.05) is 44.9 Å². The predicted octanol–water partition coefficient (Wildman–Crippen LogP) is 2.19. The van der Waals surface area contributed by atoms with Crippen LogP contribution < -0.4 is 10.2 Å². The molecule has 0 atom stereocenters. The molecule has 1 aromatic heterocycles. The van der Waals surface area contributed by atoms with E-state index in [0.29, 0.717) is 6.54 Å². The van der Waals surface area contributed by atoms with Crippen molar-refractivity contribution in [2.75, 3.05) is 18.5 Å². The van der Waals surface area contributed by atoms with Gasteiger partial charge in [-0.1, -0.05) is 15.9 Å². The van der Waals surface area contributed by atoms with Crippen molar-refractivity contribution in [3.05, 3.63) is 22.8 Å². The highest BCUT2D eigenvalue weighted by atomic mass is 79.9. The van der Waals surface area contributed by atoms with Gasteiger partial charge in [0.25, 0.3) is 0 Å². The van der Waals surface area contributed by atoms with Crippen LogP contribution in [-0.2, 0) is 4.79 Å². The van der Waals surface area contributed by atoms with Crippen LogP contribution in [0.5, 0.6) is 0 Å². The van der Waals surface area contributed by atoms with Gasteiger partial charge in [-0.15, -0.1) is 0 Å². The Labute approximate surface area is 111 Å². The molecule has 0 unspecified atom stereocenters. The molecule has 1 N–H and O–H groups in total. The van der Waals surface area contributed by atoms with E-state index in [0.717, 1.165) is 10.3 Å². The van der Waals surface area contributed by atoms with Gasteiger partial charge in [0.05, 0.1) is 6.54 Å². The quantitative estimate of drug-likeness (QED) is 0.931. The minimum atomic E-state index is -0.206. The third-order valence-electron chi connectivity index (χ3n) is 1.99. The predicted molar refractivity (Wildman–Crippen MR) is 73.1 cm³/mol. The molecule has 1 amide bonds. The number of carbonyl (C=O) groups excluding carboxylic acids is 1. The van der Waals surface area contributed by atoms with Crippen molar-refractivity contribution in [2.45, 2.75) is 26.3 Å². The minimum absolute atomic E-state index is 0.0122. The van der Waals surface area contributed by atoms with E-state index in [4.69, 9.17) is 0 Å². The Morgan fingerprint density at radius 3 is 2.71 bits per heavy atom. The molecule has 0 saturated carbocycles. The summed E-state index contributed by atoms with van der Waals surface area (Å²) >= 11 is 3.38. The van der Waals surface area contributed by atoms with E-state index in [1.54, 1.807) is 6.20 Å². The maximum atomic E-state index is 11.7. The first-order valence-corrected chi connectivity index (χ1v) is 6.21. The van der Waals surface area contributed by atoms with Gasteiger partial charge in [-0.3, -0.25) is 4.79 Å². The van der Waals surface area contributed by atoms with Gasteiger partial charge in [-0.25, -0.2) is 4.98 Å². The van der Waals surface area contributed by atoms with Crippen LogP contribution in [0.1, 0.15) is 20.8 Å². The SMILES string of the molecule is CN(CC(=O)NC(C)(C)C)c1cc(Br)ccn1. The van der Waals surface area contributed by atoms with Crippen LogP contribution in [-0.4, -0.2) is 30.0 Å². The minimum Gasteiger partial charge on any atom is -0.350 e. The Hall–Kier alpha value is -1.10. The van der Waals surface area contributed by atoms with Gasteiger partial charge >= 0.3 is 0 Å². The van der Waals surface area contributed by atoms with E-state index in [1.165, 1.54) is 0 Å². The second-order valence-corrected chi connectivity index (χ2v) is 5.90. The average molecular weight is 300 g/mol. The first-order chi connectivity index (χ1) is 7.78. The van der Waals surface area contributed by atoms with Crippen LogP contribution >= 0.6 is 15.9 Å². The number of hydrogen-bond donors (Lipinski definition) is 1. The smallest absolute Gasteiger partial charge is 0.239 e. The molecular formula is C12H18BrN3O. The molecule has 0 aliphatic rings. The summed E-state index contributed by atoms with van der Waals surface area (Å²) < 4.78 is 0.950. The van der Waals surface area contributed by atoms with Gasteiger partial charge in [0.1, 0.15) is 5.82 Å². The van der Waals surface area contributed by atoms with Crippen molar-refractivity contribution in [2.24, 2.45) is 0 Å². The maximum Gasteiger partial charge on any atom is 0.239 e. The van der Waals surface area contributed by atoms with Crippen LogP contribution in [0.25, 0.3) is 0 Å². The summed E-state index contributed by atoms with van der Waals surface area (Å²) in [5.74, 6) is 0.755. The molecular weight excluding hydrogens is 282 g/mol. The number of rotatable bonds is 3. The molecule has 0 fully saturated rings. The van der Waals surface area contributed by atoms with Crippen molar-refractivity contribution < 1.29 is 4.79 Å². The first kappa shape index (κ1) is 14.0. The summed E-state index contributed by atoms with van der Waals surface area (Å²) in [7, 11) is 1.84. The van der Waals surface area contributed by atoms with Crippen molar-refractivity contribution in [1.29, 1.82) is 0 Å². The lowest BCUT2D eigenvalue weighted by molar-refractivity contribution is -0.121. The zero-order valence-electron chi connectivity index (χ0n) is 10.6. The standard InChI is InChI=1S/C12H18BrN3O/c1-12(2,3)15-11(17)8-16(4)10-7-9(13)5-6-14-10/h5-7H,8H2,1-4H3,(H,15,17). The van der Waals surface area contributed by atoms with Gasteiger partial charge in [0.15, 0.2) is 0 Å². The Morgan fingerprint density at radius 1 is 1.53 bits per heavy atom. The Bertz CT molecular complexity index is 401. The molecule has 1 aromatic rings. The highest BCUT2D eigenvalue weighted by molar-refractivity contribution is 9.10. The van der Waals surface area contributed by atoms with Crippen LogP contribution in [0.3, 0.4) is 0 Å². The van der Waals surface area contributed by atoms with Gasteiger partial charge in [-0.05, 0) is 32.9 Å². The fraction of sp³-hybridized carbons (Fsp3) is 0.500. The van der Waals surface area contributed by atoms with E-state index < -0.39 is 0 Å². The van der Waals surface area contributed by atoms with Crippen molar-refractivity contribution in [3.63, 3.8) is 0 Å². The largest absolute Gasteiger partial charge is 0.350 e. The molecule has 4 nitrogen and oxygen atoms in total. The number of likely N-dealkylation sites (N-methyl/N-ethyl adjacent to an activating group) is 1. The number of halogens is 1. The number of pyridine rings is 1. The maximum absolute atomic E-state index is 11.7. The third kappa shape index (κ3) is 5.17. The summed E-state index contributed by atoms with van der Waals surface area (Å²) in [6, 6.07) is 3.73. The highest BCUT2D eigenvalue weighted by Crippen LogP contribution is 2.15. The van der Waals surface area contributed by atoms with E-state index in [9.17, 15) is 4.79 Å². The molecule has 0 aliphatic carbocycles. The highest BCUT2D eigenvalue weighted by Gasteiger charge is 2.15. The molecule has 17 heavy (non-hydrogen) atoms. The number of amides is 1. The summed E-state index contributed by atoms with van der Waals surface area (Å²) in [6.07, 6.45) is 1.71. The van der Waals surface area contributed by atoms with E-state index >= 15 is 0 Å². The number of nitrogens with one attached hydrogen (secondary N) is 1. The molecule has 94 valence electrons. The average Bonchev–Trinajstić information content (AvgIpc) is 2.14. The second kappa shape index (κ2) is 5.49. The third-order valence-corrected chi connectivity index (χ3v) is 2.49. The van der Waals surface area contributed by atoms with E-state index in [-0.39, 0.29) is 11.4 Å². The molecule has 0 bridgehead atoms. The topological polar surface area (TPSA) is 45.2 Å². The molecule has 0 radical (unpaired) electrons. The molecule has 1 heterocycles. The van der Waals surface area contributed by atoms with Gasteiger partial charge in [0, 0.05) is 23.3 Å². The fourth-order valence-electron chi connectivity index (χ4n) is 1.36. The normalized spacial score (nSPS) is 11.1. The molecule has 0 spiro atoms. The van der Waals surface area contributed by atoms with Crippen LogP contribution in [0.4, 0.5) is 5.82 Å². The van der Waals surface area contributed by atoms with Crippen molar-refractivity contribution in [3.8, 4) is 0 Å². The molecule has 1 rings (SSSR count). The lowest BCUT2D eigenvalue weighted by Crippen LogP contribution is -2.45. The lowest BCUT2D eigenvalue weighted by Gasteiger charge is -2.23. The van der Waals surface area contributed by atoms with Gasteiger partial charge in [-0.2, -0.15) is 0 Å². The van der Waals surface area contributed by atoms with Crippen molar-refractivity contribution in [1.82, 2.24) is 10.3 Å². The van der Waals surface area contributed by atoms with Crippen LogP contribution in [0.2, 0.25) is 0 Å². The molecule has 5 heteroatoms. The van der Waals surface area contributed by atoms with Gasteiger partial charge < -0.3 is 10.2 Å².